The third-order valence-electron chi connectivity index (χ3n) is 4.75. The average Bonchev–Trinajstić information content (AvgIpc) is 3.25. The third kappa shape index (κ3) is 6.90. The van der Waals surface area contributed by atoms with Crippen LogP contribution in [0.15, 0.2) is 12.7 Å². The number of phosphoric ester groups is 1. The summed E-state index contributed by atoms with van der Waals surface area (Å²) in [4.78, 5) is 60.1. The Kier molecular flexibility index (Phi) is 8.16. The van der Waals surface area contributed by atoms with Crippen molar-refractivity contribution in [2.75, 3.05) is 12.3 Å². The molecule has 18 nitrogen and oxygen atoms in total. The van der Waals surface area contributed by atoms with Crippen molar-refractivity contribution in [3.05, 3.63) is 12.7 Å². The molecule has 3 rings (SSSR count). The Balaban J connectivity index is 1.83. The SMILES string of the molecule is CC[C@H]1[C@@H](OC(C)=O)[C@H](n2cnc3c(N)ncnc32)O[C@@H]1COP(=O)(O)OP(=O)(O)OP(=O)(O)O. The molecule has 1 aliphatic heterocycles. The minimum absolute atomic E-state index is 0.0898. The lowest BCUT2D eigenvalue weighted by molar-refractivity contribution is -0.153. The number of esters is 1. The van der Waals surface area contributed by atoms with Crippen LogP contribution in [0.4, 0.5) is 5.82 Å². The van der Waals surface area contributed by atoms with E-state index in [0.717, 1.165) is 0 Å². The molecule has 21 heteroatoms. The molecule has 6 atom stereocenters. The Hall–Kier alpha value is -1.81. The maximum absolute atomic E-state index is 12.1. The Bertz CT molecular complexity index is 1230. The number of fused-ring (bicyclic) bond motifs is 1. The molecule has 196 valence electrons. The number of nitrogens with zero attached hydrogens (tertiary/aromatic N) is 4. The molecule has 35 heavy (non-hydrogen) atoms. The van der Waals surface area contributed by atoms with Crippen molar-refractivity contribution in [3.8, 4) is 0 Å². The molecule has 0 amide bonds. The van der Waals surface area contributed by atoms with Gasteiger partial charge in [-0.1, -0.05) is 6.92 Å². The minimum Gasteiger partial charge on any atom is -0.457 e. The molecule has 6 N–H and O–H groups in total. The van der Waals surface area contributed by atoms with E-state index in [1.54, 1.807) is 6.92 Å². The van der Waals surface area contributed by atoms with Crippen LogP contribution in [0.5, 0.6) is 0 Å². The molecule has 1 saturated heterocycles. The number of rotatable bonds is 10. The fourth-order valence-electron chi connectivity index (χ4n) is 3.53. The van der Waals surface area contributed by atoms with E-state index in [2.05, 4.69) is 23.6 Å². The van der Waals surface area contributed by atoms with Crippen LogP contribution < -0.4 is 5.73 Å². The molecular formula is C14H22N5O13P3. The van der Waals surface area contributed by atoms with Crippen molar-refractivity contribution in [3.63, 3.8) is 0 Å². The van der Waals surface area contributed by atoms with E-state index in [1.807, 2.05) is 0 Å². The van der Waals surface area contributed by atoms with E-state index in [0.29, 0.717) is 6.42 Å². The van der Waals surface area contributed by atoms with Gasteiger partial charge in [0.1, 0.15) is 11.8 Å². The van der Waals surface area contributed by atoms with E-state index in [9.17, 15) is 28.3 Å². The van der Waals surface area contributed by atoms with Crippen LogP contribution in [-0.4, -0.2) is 63.9 Å². The average molecular weight is 561 g/mol. The first-order valence-corrected chi connectivity index (χ1v) is 14.2. The first-order valence-electron chi connectivity index (χ1n) is 9.66. The second-order valence-corrected chi connectivity index (χ2v) is 11.6. The zero-order chi connectivity index (χ0) is 26.2. The summed E-state index contributed by atoms with van der Waals surface area (Å²) < 4.78 is 59.3. The molecule has 2 aromatic heterocycles. The molecule has 0 spiro atoms. The fourth-order valence-corrected chi connectivity index (χ4v) is 6.56. The maximum Gasteiger partial charge on any atom is 0.490 e. The lowest BCUT2D eigenvalue weighted by atomic mass is 9.95. The quantitative estimate of drug-likeness (QED) is 0.196. The maximum atomic E-state index is 12.1. The number of nitrogens with two attached hydrogens (primary N) is 1. The summed E-state index contributed by atoms with van der Waals surface area (Å²) in [7, 11) is -16.6. The van der Waals surface area contributed by atoms with Crippen molar-refractivity contribution in [1.29, 1.82) is 0 Å². The first kappa shape index (κ1) is 27.8. The van der Waals surface area contributed by atoms with Gasteiger partial charge in [-0.2, -0.15) is 8.62 Å². The van der Waals surface area contributed by atoms with Crippen LogP contribution in [0.3, 0.4) is 0 Å². The monoisotopic (exact) mass is 561 g/mol. The van der Waals surface area contributed by atoms with Crippen LogP contribution in [0.2, 0.25) is 0 Å². The first-order chi connectivity index (χ1) is 16.1. The zero-order valence-electron chi connectivity index (χ0n) is 18.0. The van der Waals surface area contributed by atoms with Gasteiger partial charge in [0.15, 0.2) is 23.8 Å². The van der Waals surface area contributed by atoms with E-state index in [4.69, 9.17) is 29.5 Å². The molecule has 3 heterocycles. The number of imidazole rings is 1. The molecule has 1 fully saturated rings. The topological polar surface area (TPSA) is 265 Å². The van der Waals surface area contributed by atoms with Gasteiger partial charge >= 0.3 is 29.4 Å². The largest absolute Gasteiger partial charge is 0.490 e. The highest BCUT2D eigenvalue weighted by molar-refractivity contribution is 7.66. The number of ether oxygens (including phenoxy) is 2. The summed E-state index contributed by atoms with van der Waals surface area (Å²) in [5.41, 5.74) is 6.31. The Morgan fingerprint density at radius 3 is 2.43 bits per heavy atom. The number of aromatic nitrogens is 4. The van der Waals surface area contributed by atoms with Gasteiger partial charge in [-0.25, -0.2) is 28.6 Å². The Morgan fingerprint density at radius 1 is 1.14 bits per heavy atom. The van der Waals surface area contributed by atoms with Crippen LogP contribution >= 0.6 is 23.5 Å². The normalized spacial score (nSPS) is 26.3. The molecular weight excluding hydrogens is 539 g/mol. The zero-order valence-corrected chi connectivity index (χ0v) is 20.7. The number of anilines is 1. The predicted molar refractivity (Wildman–Crippen MR) is 113 cm³/mol. The van der Waals surface area contributed by atoms with Gasteiger partial charge in [0.25, 0.3) is 0 Å². The number of carbonyl (C=O) groups excluding carboxylic acids is 1. The van der Waals surface area contributed by atoms with Gasteiger partial charge in [-0.05, 0) is 6.42 Å². The fraction of sp³-hybridized carbons (Fsp3) is 0.571. The second kappa shape index (κ2) is 10.3. The van der Waals surface area contributed by atoms with Crippen LogP contribution in [0.1, 0.15) is 26.5 Å². The second-order valence-electron chi connectivity index (χ2n) is 7.18. The van der Waals surface area contributed by atoms with Gasteiger partial charge in [-0.3, -0.25) is 13.9 Å². The lowest BCUT2D eigenvalue weighted by Crippen LogP contribution is -2.32. The minimum atomic E-state index is -5.68. The molecule has 0 radical (unpaired) electrons. The van der Waals surface area contributed by atoms with E-state index >= 15 is 0 Å². The number of hydrogen-bond donors (Lipinski definition) is 5. The number of hydrogen-bond acceptors (Lipinski definition) is 13. The van der Waals surface area contributed by atoms with Crippen molar-refractivity contribution in [1.82, 2.24) is 19.5 Å². The number of phosphoric acid groups is 3. The van der Waals surface area contributed by atoms with Gasteiger partial charge in [0.05, 0.1) is 19.0 Å². The number of carbonyl (C=O) groups is 1. The Morgan fingerprint density at radius 2 is 1.83 bits per heavy atom. The number of nitrogen functional groups attached to an aromatic ring is 1. The molecule has 0 bridgehead atoms. The van der Waals surface area contributed by atoms with E-state index < -0.39 is 60.4 Å². The molecule has 2 unspecified atom stereocenters. The van der Waals surface area contributed by atoms with Gasteiger partial charge < -0.3 is 34.8 Å². The summed E-state index contributed by atoms with van der Waals surface area (Å²) in [6.07, 6.45) is -0.165. The highest BCUT2D eigenvalue weighted by Gasteiger charge is 2.49. The summed E-state index contributed by atoms with van der Waals surface area (Å²) in [6, 6.07) is 0. The van der Waals surface area contributed by atoms with Gasteiger partial charge in [0, 0.05) is 12.8 Å². The smallest absolute Gasteiger partial charge is 0.457 e. The van der Waals surface area contributed by atoms with Crippen molar-refractivity contribution >= 4 is 46.4 Å². The molecule has 0 aliphatic carbocycles. The van der Waals surface area contributed by atoms with Crippen LogP contribution in [-0.2, 0) is 41.1 Å². The molecule has 0 aromatic carbocycles. The molecule has 0 saturated carbocycles. The van der Waals surface area contributed by atoms with Crippen LogP contribution in [0.25, 0.3) is 11.2 Å². The van der Waals surface area contributed by atoms with Gasteiger partial charge in [0.2, 0.25) is 0 Å². The highest BCUT2D eigenvalue weighted by atomic mass is 31.3. The third-order valence-corrected chi connectivity index (χ3v) is 8.55. The summed E-state index contributed by atoms with van der Waals surface area (Å²) in [5, 5.41) is 0. The summed E-state index contributed by atoms with van der Waals surface area (Å²) in [6.45, 7) is 2.17. The Labute approximate surface area is 196 Å². The summed E-state index contributed by atoms with van der Waals surface area (Å²) >= 11 is 0. The summed E-state index contributed by atoms with van der Waals surface area (Å²) in [5.74, 6) is -1.17. The van der Waals surface area contributed by atoms with Crippen molar-refractivity contribution in [2.24, 2.45) is 5.92 Å². The van der Waals surface area contributed by atoms with Gasteiger partial charge in [-0.15, -0.1) is 0 Å². The molecule has 2 aromatic rings. The molecule has 1 aliphatic rings. The van der Waals surface area contributed by atoms with Crippen molar-refractivity contribution in [2.45, 2.75) is 38.7 Å². The van der Waals surface area contributed by atoms with Crippen LogP contribution in [0, 0.1) is 5.92 Å². The van der Waals surface area contributed by atoms with Crippen molar-refractivity contribution < 1.29 is 60.7 Å². The lowest BCUT2D eigenvalue weighted by Gasteiger charge is -2.23. The van der Waals surface area contributed by atoms with E-state index in [-0.39, 0.29) is 17.0 Å². The standard InChI is InChI=1S/C14H22N5O13P3/c1-3-8-9(4-28-34(24,25)32-35(26,27)31-33(21,22)23)30-14(11(8)29-7(2)20)19-6-18-10-12(15)16-5-17-13(10)19/h5-6,8-9,11,14H,3-4H2,1-2H3,(H,24,25)(H,26,27)(H2,15,16,17)(H2,21,22,23)/t8-,9-,11-,14-/m1/s1. The highest BCUT2D eigenvalue weighted by Crippen LogP contribution is 2.66. The van der Waals surface area contributed by atoms with E-state index in [1.165, 1.54) is 24.1 Å². The predicted octanol–water partition coefficient (Wildman–Crippen LogP) is 0.607.